The Morgan fingerprint density at radius 3 is 2.67 bits per heavy atom. The number of hydrogen-bond acceptors (Lipinski definition) is 5. The van der Waals surface area contributed by atoms with E-state index >= 15 is 4.39 Å². The first-order valence-corrected chi connectivity index (χ1v) is 14.2. The molecule has 0 fully saturated rings. The molecule has 0 unspecified atom stereocenters. The van der Waals surface area contributed by atoms with E-state index in [1.807, 2.05) is 31.2 Å². The fourth-order valence-corrected chi connectivity index (χ4v) is 4.95. The highest BCUT2D eigenvalue weighted by Crippen LogP contribution is 2.31. The summed E-state index contributed by atoms with van der Waals surface area (Å²) < 4.78 is 16.5. The lowest BCUT2D eigenvalue weighted by molar-refractivity contribution is 0.563. The lowest BCUT2D eigenvalue weighted by Crippen LogP contribution is -2.36. The summed E-state index contributed by atoms with van der Waals surface area (Å²) in [5, 5.41) is 14.2. The Balaban J connectivity index is 1.52. The second kappa shape index (κ2) is 14.1. The highest BCUT2D eigenvalue weighted by atomic mass is 35.5. The number of rotatable bonds is 12. The van der Waals surface area contributed by atoms with Crippen LogP contribution in [0, 0.1) is 23.1 Å². The molecule has 11 heteroatoms. The summed E-state index contributed by atoms with van der Waals surface area (Å²) in [6.07, 6.45) is 4.84. The predicted molar refractivity (Wildman–Crippen MR) is 167 cm³/mol. The zero-order valence-corrected chi connectivity index (χ0v) is 24.5. The van der Waals surface area contributed by atoms with Gasteiger partial charge in [-0.05, 0) is 81.0 Å². The summed E-state index contributed by atoms with van der Waals surface area (Å²) in [6, 6.07) is 12.8. The average molecular weight is 591 g/mol. The molecule has 2 aromatic carbocycles. The number of guanidine groups is 1. The molecule has 2 aromatic heterocycles. The standard InChI is InChI=1S/C31H36ClFN8O/c1-3-5-23(12-13-37-30(35)36)38-17-20-8-10-24(11-9-20)41-18-22-16-27(39-29(22)40-31(41)42)25-14-21(7-4-6-19(2)34)15-26(32)28(25)33/h8-11,14-16,18-19,23,38H,4,6-7,12-13,17,34H2,1-2H3,(H4,35,36,37)(H,39,40,42)/t19-,23-/m0/s1. The van der Waals surface area contributed by atoms with Crippen LogP contribution in [0.1, 0.15) is 44.2 Å². The Bertz CT molecular complexity index is 1670. The number of nitrogens with two attached hydrogens (primary N) is 2. The minimum atomic E-state index is -0.527. The van der Waals surface area contributed by atoms with Gasteiger partial charge < -0.3 is 21.8 Å². The molecule has 0 saturated carbocycles. The molecule has 0 radical (unpaired) electrons. The van der Waals surface area contributed by atoms with Crippen molar-refractivity contribution in [1.29, 1.82) is 5.41 Å². The van der Waals surface area contributed by atoms with E-state index in [1.165, 1.54) is 4.57 Å². The van der Waals surface area contributed by atoms with Gasteiger partial charge in [0.2, 0.25) is 0 Å². The van der Waals surface area contributed by atoms with Gasteiger partial charge in [-0.3, -0.25) is 15.3 Å². The van der Waals surface area contributed by atoms with Gasteiger partial charge in [0.1, 0.15) is 5.65 Å². The van der Waals surface area contributed by atoms with Crippen LogP contribution in [0.15, 0.2) is 53.5 Å². The molecule has 220 valence electrons. The van der Waals surface area contributed by atoms with Crippen LogP contribution >= 0.6 is 11.6 Å². The molecule has 0 aliphatic rings. The molecule has 0 aliphatic heterocycles. The Morgan fingerprint density at radius 1 is 1.21 bits per heavy atom. The molecule has 9 nitrogen and oxygen atoms in total. The molecule has 0 aliphatic carbocycles. The monoisotopic (exact) mass is 590 g/mol. The second-order valence-corrected chi connectivity index (χ2v) is 10.7. The van der Waals surface area contributed by atoms with E-state index in [2.05, 4.69) is 32.4 Å². The molecule has 0 amide bonds. The molecular formula is C31H36ClFN8O. The first-order chi connectivity index (χ1) is 20.1. The van der Waals surface area contributed by atoms with Gasteiger partial charge in [-0.2, -0.15) is 4.98 Å². The van der Waals surface area contributed by atoms with Gasteiger partial charge in [0.05, 0.1) is 22.4 Å². The minimum Gasteiger partial charge on any atom is -0.370 e. The first-order valence-electron chi connectivity index (χ1n) is 13.8. The third-order valence-electron chi connectivity index (χ3n) is 6.85. The summed E-state index contributed by atoms with van der Waals surface area (Å²) >= 11 is 6.23. The zero-order chi connectivity index (χ0) is 30.2. The normalized spacial score (nSPS) is 12.5. The fraction of sp³-hybridized carbons (Fsp3) is 0.323. The lowest BCUT2D eigenvalue weighted by atomic mass is 10.0. The van der Waals surface area contributed by atoms with Gasteiger partial charge in [0, 0.05) is 36.3 Å². The Kier molecular flexibility index (Phi) is 10.4. The Labute approximate surface area is 249 Å². The number of benzene rings is 2. The first kappa shape index (κ1) is 30.8. The van der Waals surface area contributed by atoms with Crippen molar-refractivity contribution < 1.29 is 4.39 Å². The number of fused-ring (bicyclic) bond motifs is 1. The van der Waals surface area contributed by atoms with Crippen molar-refractivity contribution in [3.05, 3.63) is 81.1 Å². The van der Waals surface area contributed by atoms with Crippen molar-refractivity contribution in [2.24, 2.45) is 11.5 Å². The molecule has 0 saturated heterocycles. The molecule has 2 atom stereocenters. The number of nitrogens with one attached hydrogen (secondary N) is 4. The summed E-state index contributed by atoms with van der Waals surface area (Å²) in [5.74, 6) is 5.45. The van der Waals surface area contributed by atoms with Crippen molar-refractivity contribution in [3.63, 3.8) is 0 Å². The molecule has 0 spiro atoms. The summed E-state index contributed by atoms with van der Waals surface area (Å²) in [4.78, 5) is 20.2. The van der Waals surface area contributed by atoms with Gasteiger partial charge in [-0.1, -0.05) is 29.7 Å². The van der Waals surface area contributed by atoms with Gasteiger partial charge >= 0.3 is 5.69 Å². The van der Waals surface area contributed by atoms with E-state index in [4.69, 9.17) is 28.5 Å². The van der Waals surface area contributed by atoms with Crippen molar-refractivity contribution in [2.75, 3.05) is 6.54 Å². The number of aromatic nitrogens is 3. The van der Waals surface area contributed by atoms with Crippen LogP contribution in [0.3, 0.4) is 0 Å². The average Bonchev–Trinajstić information content (AvgIpc) is 3.35. The number of H-pyrrole nitrogens is 1. The fourth-order valence-electron chi connectivity index (χ4n) is 4.70. The number of halogens is 2. The van der Waals surface area contributed by atoms with Crippen LogP contribution in [0.25, 0.3) is 28.0 Å². The topological polar surface area (TPSA) is 151 Å². The largest absolute Gasteiger partial charge is 0.370 e. The number of nitrogens with zero attached hydrogens (tertiary/aromatic N) is 2. The number of aryl methyl sites for hydroxylation is 1. The molecule has 0 bridgehead atoms. The summed E-state index contributed by atoms with van der Waals surface area (Å²) in [6.45, 7) is 4.86. The van der Waals surface area contributed by atoms with E-state index in [1.54, 1.807) is 31.3 Å². The van der Waals surface area contributed by atoms with Crippen molar-refractivity contribution in [1.82, 2.24) is 25.2 Å². The minimum absolute atomic E-state index is 0.0462. The zero-order valence-electron chi connectivity index (χ0n) is 23.7. The molecule has 2 heterocycles. The van der Waals surface area contributed by atoms with Crippen molar-refractivity contribution >= 4 is 28.6 Å². The van der Waals surface area contributed by atoms with Gasteiger partial charge in [-0.15, -0.1) is 5.92 Å². The predicted octanol–water partition coefficient (Wildman–Crippen LogP) is 4.20. The summed E-state index contributed by atoms with van der Waals surface area (Å²) in [5.41, 5.74) is 14.5. The van der Waals surface area contributed by atoms with E-state index in [9.17, 15) is 4.79 Å². The smallest absolute Gasteiger partial charge is 0.354 e. The van der Waals surface area contributed by atoms with E-state index in [-0.39, 0.29) is 23.1 Å². The molecule has 4 rings (SSSR count). The highest BCUT2D eigenvalue weighted by molar-refractivity contribution is 6.31. The van der Waals surface area contributed by atoms with Crippen LogP contribution in [-0.4, -0.2) is 39.1 Å². The maximum atomic E-state index is 15.1. The van der Waals surface area contributed by atoms with Crippen LogP contribution in [0.2, 0.25) is 5.02 Å². The number of hydrogen-bond donors (Lipinski definition) is 6. The number of aromatic amines is 1. The third kappa shape index (κ3) is 7.97. The quantitative estimate of drug-likeness (QED) is 0.0827. The van der Waals surface area contributed by atoms with E-state index in [0.29, 0.717) is 47.5 Å². The van der Waals surface area contributed by atoms with Crippen LogP contribution < -0.4 is 27.8 Å². The molecule has 8 N–H and O–H groups in total. The lowest BCUT2D eigenvalue weighted by Gasteiger charge is -2.14. The van der Waals surface area contributed by atoms with Crippen LogP contribution in [0.4, 0.5) is 4.39 Å². The molecular weight excluding hydrogens is 555 g/mol. The maximum absolute atomic E-state index is 15.1. The van der Waals surface area contributed by atoms with Gasteiger partial charge in [0.25, 0.3) is 0 Å². The third-order valence-corrected chi connectivity index (χ3v) is 7.12. The van der Waals surface area contributed by atoms with E-state index in [0.717, 1.165) is 30.4 Å². The Morgan fingerprint density at radius 2 is 1.98 bits per heavy atom. The van der Waals surface area contributed by atoms with E-state index < -0.39 is 11.5 Å². The van der Waals surface area contributed by atoms with Crippen molar-refractivity contribution in [3.8, 4) is 28.8 Å². The summed E-state index contributed by atoms with van der Waals surface area (Å²) in [7, 11) is 0. The maximum Gasteiger partial charge on any atom is 0.354 e. The SMILES string of the molecule is CC#C[C@@H](CCNC(=N)N)NCc1ccc(-n2cc3cc(-c4cc(CCC[C@H](C)N)cc(Cl)c4F)[nH]c3nc2=O)cc1. The highest BCUT2D eigenvalue weighted by Gasteiger charge is 2.16. The van der Waals surface area contributed by atoms with Crippen LogP contribution in [-0.2, 0) is 13.0 Å². The molecule has 4 aromatic rings. The second-order valence-electron chi connectivity index (χ2n) is 10.3. The van der Waals surface area contributed by atoms with Gasteiger partial charge in [0.15, 0.2) is 11.8 Å². The Hall–Kier alpha value is -4.17. The van der Waals surface area contributed by atoms with Gasteiger partial charge in [-0.25, -0.2) is 9.18 Å². The molecule has 42 heavy (non-hydrogen) atoms. The van der Waals surface area contributed by atoms with Crippen molar-refractivity contribution in [2.45, 2.75) is 58.2 Å². The van der Waals surface area contributed by atoms with Crippen LogP contribution in [0.5, 0.6) is 0 Å².